The van der Waals surface area contributed by atoms with Gasteiger partial charge in [0.2, 0.25) is 0 Å². The summed E-state index contributed by atoms with van der Waals surface area (Å²) in [7, 11) is 0. The summed E-state index contributed by atoms with van der Waals surface area (Å²) in [4.78, 5) is 23.2. The number of amides is 2. The zero-order valence-corrected chi connectivity index (χ0v) is 13.6. The average Bonchev–Trinajstić information content (AvgIpc) is 2.41. The molecule has 0 radical (unpaired) electrons. The third-order valence-electron chi connectivity index (χ3n) is 2.49. The Bertz CT molecular complexity index is 511. The topological polar surface area (TPSA) is 87.7 Å². The fourth-order valence-electron chi connectivity index (χ4n) is 1.50. The maximum absolute atomic E-state index is 11.8. The van der Waals surface area contributed by atoms with Gasteiger partial charge in [0.15, 0.2) is 0 Å². The quantitative estimate of drug-likeness (QED) is 0.771. The molecular formula is C15H21ClN2O4. The van der Waals surface area contributed by atoms with E-state index < -0.39 is 17.8 Å². The Balaban J connectivity index is 2.31. The Morgan fingerprint density at radius 2 is 1.73 bits per heavy atom. The molecule has 22 heavy (non-hydrogen) atoms. The Kier molecular flexibility index (Phi) is 6.64. The third kappa shape index (κ3) is 7.28. The SMILES string of the molecule is CC(C)(C)OC(=O)NCC(O)CNC(=O)c1ccc(Cl)cc1. The van der Waals surface area contributed by atoms with E-state index in [1.165, 1.54) is 0 Å². The van der Waals surface area contributed by atoms with Gasteiger partial charge < -0.3 is 20.5 Å². The van der Waals surface area contributed by atoms with Crippen LogP contribution in [0.1, 0.15) is 31.1 Å². The smallest absolute Gasteiger partial charge is 0.407 e. The Morgan fingerprint density at radius 3 is 2.27 bits per heavy atom. The second-order valence-corrected chi connectivity index (χ2v) is 6.19. The van der Waals surface area contributed by atoms with Crippen LogP contribution in [-0.2, 0) is 4.74 Å². The van der Waals surface area contributed by atoms with E-state index in [-0.39, 0.29) is 19.0 Å². The molecule has 0 aliphatic heterocycles. The van der Waals surface area contributed by atoms with Gasteiger partial charge in [-0.1, -0.05) is 11.6 Å². The van der Waals surface area contributed by atoms with Crippen LogP contribution in [0, 0.1) is 0 Å². The molecular weight excluding hydrogens is 308 g/mol. The normalized spacial score (nSPS) is 12.4. The number of nitrogens with one attached hydrogen (secondary N) is 2. The molecule has 0 heterocycles. The highest BCUT2D eigenvalue weighted by Crippen LogP contribution is 2.09. The zero-order chi connectivity index (χ0) is 16.8. The molecule has 0 aliphatic rings. The van der Waals surface area contributed by atoms with Crippen LogP contribution in [0.2, 0.25) is 5.02 Å². The van der Waals surface area contributed by atoms with E-state index >= 15 is 0 Å². The van der Waals surface area contributed by atoms with Crippen LogP contribution in [0.5, 0.6) is 0 Å². The second kappa shape index (κ2) is 8.00. The van der Waals surface area contributed by atoms with Crippen molar-refractivity contribution in [3.05, 3.63) is 34.9 Å². The third-order valence-corrected chi connectivity index (χ3v) is 2.74. The molecule has 2 amide bonds. The summed E-state index contributed by atoms with van der Waals surface area (Å²) < 4.78 is 5.03. The lowest BCUT2D eigenvalue weighted by molar-refractivity contribution is 0.0492. The van der Waals surface area contributed by atoms with Crippen molar-refractivity contribution in [2.24, 2.45) is 0 Å². The highest BCUT2D eigenvalue weighted by atomic mass is 35.5. The van der Waals surface area contributed by atoms with E-state index in [2.05, 4.69) is 10.6 Å². The number of halogens is 1. The van der Waals surface area contributed by atoms with Gasteiger partial charge in [-0.3, -0.25) is 4.79 Å². The van der Waals surface area contributed by atoms with Gasteiger partial charge in [0.05, 0.1) is 6.10 Å². The van der Waals surface area contributed by atoms with Crippen LogP contribution in [0.4, 0.5) is 4.79 Å². The first-order valence-electron chi connectivity index (χ1n) is 6.86. The summed E-state index contributed by atoms with van der Waals surface area (Å²) in [6.07, 6.45) is -1.53. The van der Waals surface area contributed by atoms with Crippen LogP contribution >= 0.6 is 11.6 Å². The molecule has 0 bridgehead atoms. The molecule has 0 spiro atoms. The number of carbonyl (C=O) groups is 2. The summed E-state index contributed by atoms with van der Waals surface area (Å²) >= 11 is 5.74. The van der Waals surface area contributed by atoms with Gasteiger partial charge in [-0.05, 0) is 45.0 Å². The van der Waals surface area contributed by atoms with Crippen molar-refractivity contribution in [3.63, 3.8) is 0 Å². The number of carbonyl (C=O) groups excluding carboxylic acids is 2. The molecule has 0 saturated carbocycles. The molecule has 0 saturated heterocycles. The van der Waals surface area contributed by atoms with Gasteiger partial charge in [-0.15, -0.1) is 0 Å². The predicted octanol–water partition coefficient (Wildman–Crippen LogP) is 1.96. The molecule has 0 aromatic heterocycles. The van der Waals surface area contributed by atoms with Crippen molar-refractivity contribution in [1.82, 2.24) is 10.6 Å². The minimum absolute atomic E-state index is 0.0112. The van der Waals surface area contributed by atoms with Crippen molar-refractivity contribution in [1.29, 1.82) is 0 Å². The second-order valence-electron chi connectivity index (χ2n) is 5.75. The molecule has 1 aromatic rings. The molecule has 3 N–H and O–H groups in total. The van der Waals surface area contributed by atoms with E-state index in [0.717, 1.165) is 0 Å². The van der Waals surface area contributed by atoms with Crippen LogP contribution in [0.25, 0.3) is 0 Å². The van der Waals surface area contributed by atoms with Gasteiger partial charge >= 0.3 is 6.09 Å². The molecule has 0 fully saturated rings. The minimum Gasteiger partial charge on any atom is -0.444 e. The van der Waals surface area contributed by atoms with Crippen molar-refractivity contribution in [2.45, 2.75) is 32.5 Å². The van der Waals surface area contributed by atoms with E-state index in [9.17, 15) is 14.7 Å². The standard InChI is InChI=1S/C15H21ClN2O4/c1-15(2,3)22-14(21)18-9-12(19)8-17-13(20)10-4-6-11(16)7-5-10/h4-7,12,19H,8-9H2,1-3H3,(H,17,20)(H,18,21). The molecule has 1 unspecified atom stereocenters. The summed E-state index contributed by atoms with van der Waals surface area (Å²) in [6, 6.07) is 6.39. The first-order valence-corrected chi connectivity index (χ1v) is 7.24. The van der Waals surface area contributed by atoms with Gasteiger partial charge in [0, 0.05) is 23.7 Å². The van der Waals surface area contributed by atoms with E-state index in [0.29, 0.717) is 10.6 Å². The lowest BCUT2D eigenvalue weighted by Gasteiger charge is -2.20. The van der Waals surface area contributed by atoms with Crippen LogP contribution in [-0.4, -0.2) is 41.9 Å². The first kappa shape index (κ1) is 18.3. The van der Waals surface area contributed by atoms with Crippen LogP contribution < -0.4 is 10.6 Å². The number of hydrogen-bond acceptors (Lipinski definition) is 4. The molecule has 7 heteroatoms. The molecule has 6 nitrogen and oxygen atoms in total. The van der Waals surface area contributed by atoms with E-state index in [4.69, 9.17) is 16.3 Å². The Morgan fingerprint density at radius 1 is 1.18 bits per heavy atom. The fourth-order valence-corrected chi connectivity index (χ4v) is 1.63. The average molecular weight is 329 g/mol. The number of ether oxygens (including phenoxy) is 1. The van der Waals surface area contributed by atoms with Gasteiger partial charge in [0.25, 0.3) is 5.91 Å². The molecule has 1 aromatic carbocycles. The fraction of sp³-hybridized carbons (Fsp3) is 0.467. The van der Waals surface area contributed by atoms with Crippen molar-refractivity contribution < 1.29 is 19.4 Å². The number of rotatable bonds is 5. The number of benzene rings is 1. The van der Waals surface area contributed by atoms with Gasteiger partial charge in [-0.25, -0.2) is 4.79 Å². The number of hydrogen-bond donors (Lipinski definition) is 3. The summed E-state index contributed by atoms with van der Waals surface area (Å²) in [6.45, 7) is 5.23. The lowest BCUT2D eigenvalue weighted by Crippen LogP contribution is -2.41. The Hall–Kier alpha value is -1.79. The Labute approximate surface area is 134 Å². The van der Waals surface area contributed by atoms with Gasteiger partial charge in [0.1, 0.15) is 5.60 Å². The monoisotopic (exact) mass is 328 g/mol. The number of aliphatic hydroxyl groups excluding tert-OH is 1. The van der Waals surface area contributed by atoms with Gasteiger partial charge in [-0.2, -0.15) is 0 Å². The van der Waals surface area contributed by atoms with Crippen LogP contribution in [0.15, 0.2) is 24.3 Å². The maximum atomic E-state index is 11.8. The van der Waals surface area contributed by atoms with Crippen molar-refractivity contribution >= 4 is 23.6 Å². The molecule has 0 aliphatic carbocycles. The minimum atomic E-state index is -0.913. The highest BCUT2D eigenvalue weighted by molar-refractivity contribution is 6.30. The first-order chi connectivity index (χ1) is 10.2. The lowest BCUT2D eigenvalue weighted by atomic mass is 10.2. The summed E-state index contributed by atoms with van der Waals surface area (Å²) in [5.41, 5.74) is -0.158. The van der Waals surface area contributed by atoms with E-state index in [1.807, 2.05) is 0 Å². The summed E-state index contributed by atoms with van der Waals surface area (Å²) in [5, 5.41) is 15.3. The maximum Gasteiger partial charge on any atom is 0.407 e. The summed E-state index contributed by atoms with van der Waals surface area (Å²) in [5.74, 6) is -0.326. The van der Waals surface area contributed by atoms with Crippen LogP contribution in [0.3, 0.4) is 0 Å². The molecule has 122 valence electrons. The predicted molar refractivity (Wildman–Crippen MR) is 84.0 cm³/mol. The molecule has 1 atom stereocenters. The highest BCUT2D eigenvalue weighted by Gasteiger charge is 2.17. The zero-order valence-electron chi connectivity index (χ0n) is 12.9. The van der Waals surface area contributed by atoms with Crippen molar-refractivity contribution in [3.8, 4) is 0 Å². The van der Waals surface area contributed by atoms with Crippen molar-refractivity contribution in [2.75, 3.05) is 13.1 Å². The molecule has 1 rings (SSSR count). The number of aliphatic hydroxyl groups is 1. The van der Waals surface area contributed by atoms with E-state index in [1.54, 1.807) is 45.0 Å². The largest absolute Gasteiger partial charge is 0.444 e. The number of alkyl carbamates (subject to hydrolysis) is 1.